The number of benzene rings is 2. The van der Waals surface area contributed by atoms with Crippen molar-refractivity contribution in [3.63, 3.8) is 0 Å². The summed E-state index contributed by atoms with van der Waals surface area (Å²) < 4.78 is 0. The largest absolute Gasteiger partial charge is 0.340 e. The van der Waals surface area contributed by atoms with Gasteiger partial charge < -0.3 is 15.1 Å². The molecule has 2 aromatic carbocycles. The predicted octanol–water partition coefficient (Wildman–Crippen LogP) is 3.41. The average Bonchev–Trinajstić information content (AvgIpc) is 2.77. The van der Waals surface area contributed by atoms with E-state index in [-0.39, 0.29) is 17.7 Å². The highest BCUT2D eigenvalue weighted by molar-refractivity contribution is 6.30. The smallest absolute Gasteiger partial charge is 0.253 e. The molecule has 1 fully saturated rings. The number of halogens is 1. The molecule has 0 spiro atoms. The number of rotatable bonds is 7. The molecule has 1 aliphatic rings. The first-order valence-corrected chi connectivity index (χ1v) is 10.5. The van der Waals surface area contributed by atoms with Crippen molar-refractivity contribution in [1.82, 2.24) is 15.1 Å². The maximum absolute atomic E-state index is 13.2. The van der Waals surface area contributed by atoms with Crippen LogP contribution in [0, 0.1) is 0 Å². The van der Waals surface area contributed by atoms with Crippen LogP contribution in [-0.4, -0.2) is 60.9 Å². The molecule has 0 unspecified atom stereocenters. The zero-order valence-corrected chi connectivity index (χ0v) is 17.6. The molecular weight excluding hydrogens is 386 g/mol. The maximum Gasteiger partial charge on any atom is 0.253 e. The fourth-order valence-corrected chi connectivity index (χ4v) is 3.79. The van der Waals surface area contributed by atoms with E-state index in [1.165, 1.54) is 5.56 Å². The Morgan fingerprint density at radius 3 is 2.52 bits per heavy atom. The van der Waals surface area contributed by atoms with Gasteiger partial charge in [0.2, 0.25) is 5.91 Å². The lowest BCUT2D eigenvalue weighted by Gasteiger charge is -2.30. The van der Waals surface area contributed by atoms with Crippen molar-refractivity contribution in [3.05, 3.63) is 70.7 Å². The number of carbonyl (C=O) groups excluding carboxylic acids is 2. The van der Waals surface area contributed by atoms with Crippen molar-refractivity contribution >= 4 is 23.4 Å². The maximum atomic E-state index is 13.2. The molecule has 0 radical (unpaired) electrons. The van der Waals surface area contributed by atoms with Crippen molar-refractivity contribution in [2.75, 3.05) is 39.3 Å². The van der Waals surface area contributed by atoms with Gasteiger partial charge in [-0.2, -0.15) is 0 Å². The summed E-state index contributed by atoms with van der Waals surface area (Å²) in [5, 5.41) is 3.78. The summed E-state index contributed by atoms with van der Waals surface area (Å²) in [5.74, 6) is 0.166. The molecule has 6 heteroatoms. The molecule has 29 heavy (non-hydrogen) atoms. The molecule has 154 valence electrons. The summed E-state index contributed by atoms with van der Waals surface area (Å²) in [6.45, 7) is 6.13. The number of carbonyl (C=O) groups is 2. The van der Waals surface area contributed by atoms with Gasteiger partial charge >= 0.3 is 0 Å². The lowest BCUT2D eigenvalue weighted by atomic mass is 10.00. The van der Waals surface area contributed by atoms with Crippen LogP contribution >= 0.6 is 11.6 Å². The number of hydrogen-bond donors (Lipinski definition) is 1. The van der Waals surface area contributed by atoms with Gasteiger partial charge in [-0.05, 0) is 29.7 Å². The Morgan fingerprint density at radius 1 is 1.10 bits per heavy atom. The minimum Gasteiger partial charge on any atom is -0.340 e. The Balaban J connectivity index is 1.71. The standard InChI is InChI=1S/C23H28ClN3O2/c1-18(19-6-3-2-4-7-19)17-27(23(29)20-8-5-9-21(24)16-20)13-10-22(28)26-14-11-25-12-15-26/h2-9,16,18,25H,10-15,17H2,1H3/t18-/m0/s1. The second-order valence-corrected chi connectivity index (χ2v) is 7.89. The Bertz CT molecular complexity index is 822. The Morgan fingerprint density at radius 2 is 1.83 bits per heavy atom. The molecule has 0 aromatic heterocycles. The van der Waals surface area contributed by atoms with Gasteiger partial charge in [0.1, 0.15) is 0 Å². The van der Waals surface area contributed by atoms with Crippen molar-refractivity contribution in [2.24, 2.45) is 0 Å². The van der Waals surface area contributed by atoms with Gasteiger partial charge in [-0.25, -0.2) is 0 Å². The highest BCUT2D eigenvalue weighted by Gasteiger charge is 2.22. The van der Waals surface area contributed by atoms with Crippen LogP contribution in [0.2, 0.25) is 5.02 Å². The van der Waals surface area contributed by atoms with E-state index < -0.39 is 0 Å². The van der Waals surface area contributed by atoms with E-state index in [1.807, 2.05) is 23.1 Å². The van der Waals surface area contributed by atoms with E-state index in [0.717, 1.165) is 26.2 Å². The first-order chi connectivity index (χ1) is 14.0. The molecule has 1 N–H and O–H groups in total. The highest BCUT2D eigenvalue weighted by Crippen LogP contribution is 2.19. The highest BCUT2D eigenvalue weighted by atomic mass is 35.5. The van der Waals surface area contributed by atoms with E-state index in [2.05, 4.69) is 24.4 Å². The number of hydrogen-bond acceptors (Lipinski definition) is 3. The second-order valence-electron chi connectivity index (χ2n) is 7.45. The van der Waals surface area contributed by atoms with Gasteiger partial charge in [0.15, 0.2) is 0 Å². The van der Waals surface area contributed by atoms with Crippen molar-refractivity contribution in [2.45, 2.75) is 19.3 Å². The van der Waals surface area contributed by atoms with Gasteiger partial charge in [0.05, 0.1) is 0 Å². The van der Waals surface area contributed by atoms with Crippen LogP contribution in [0.5, 0.6) is 0 Å². The van der Waals surface area contributed by atoms with Crippen LogP contribution in [0.3, 0.4) is 0 Å². The molecule has 3 rings (SSSR count). The third-order valence-corrected chi connectivity index (χ3v) is 5.52. The van der Waals surface area contributed by atoms with E-state index in [0.29, 0.717) is 30.1 Å². The number of amides is 2. The predicted molar refractivity (Wildman–Crippen MR) is 116 cm³/mol. The second kappa shape index (κ2) is 10.4. The van der Waals surface area contributed by atoms with Gasteiger partial charge in [0, 0.05) is 56.3 Å². The van der Waals surface area contributed by atoms with Crippen LogP contribution in [0.4, 0.5) is 0 Å². The van der Waals surface area contributed by atoms with Crippen molar-refractivity contribution < 1.29 is 9.59 Å². The van der Waals surface area contributed by atoms with Gasteiger partial charge in [0.25, 0.3) is 5.91 Å². The van der Waals surface area contributed by atoms with E-state index >= 15 is 0 Å². The summed E-state index contributed by atoms with van der Waals surface area (Å²) in [6, 6.07) is 17.1. The summed E-state index contributed by atoms with van der Waals surface area (Å²) in [5.41, 5.74) is 1.72. The average molecular weight is 414 g/mol. The SMILES string of the molecule is C[C@@H](CN(CCC(=O)N1CCNCC1)C(=O)c1cccc(Cl)c1)c1ccccc1. The monoisotopic (exact) mass is 413 g/mol. The van der Waals surface area contributed by atoms with Gasteiger partial charge in [-0.15, -0.1) is 0 Å². The minimum absolute atomic E-state index is 0.0941. The molecule has 2 amide bonds. The van der Waals surface area contributed by atoms with Gasteiger partial charge in [-0.1, -0.05) is 54.9 Å². The summed E-state index contributed by atoms with van der Waals surface area (Å²) in [4.78, 5) is 29.5. The van der Waals surface area contributed by atoms with E-state index in [4.69, 9.17) is 11.6 Å². The van der Waals surface area contributed by atoms with E-state index in [1.54, 1.807) is 29.2 Å². The fraction of sp³-hybridized carbons (Fsp3) is 0.391. The van der Waals surface area contributed by atoms with Crippen LogP contribution in [0.15, 0.2) is 54.6 Å². The number of nitrogens with zero attached hydrogens (tertiary/aromatic N) is 2. The Kier molecular flexibility index (Phi) is 7.67. The van der Waals surface area contributed by atoms with Gasteiger partial charge in [-0.3, -0.25) is 9.59 Å². The van der Waals surface area contributed by atoms with Crippen LogP contribution in [0.25, 0.3) is 0 Å². The third-order valence-electron chi connectivity index (χ3n) is 5.29. The molecule has 1 aliphatic heterocycles. The topological polar surface area (TPSA) is 52.7 Å². The molecule has 5 nitrogen and oxygen atoms in total. The molecule has 1 saturated heterocycles. The van der Waals surface area contributed by atoms with Crippen molar-refractivity contribution in [3.8, 4) is 0 Å². The summed E-state index contributed by atoms with van der Waals surface area (Å²) in [7, 11) is 0. The molecule has 0 bridgehead atoms. The third kappa shape index (κ3) is 6.05. The molecule has 1 heterocycles. The van der Waals surface area contributed by atoms with Crippen molar-refractivity contribution in [1.29, 1.82) is 0 Å². The van der Waals surface area contributed by atoms with Crippen LogP contribution in [0.1, 0.15) is 35.2 Å². The van der Waals surface area contributed by atoms with Crippen LogP contribution in [-0.2, 0) is 4.79 Å². The molecule has 0 aliphatic carbocycles. The zero-order chi connectivity index (χ0) is 20.6. The fourth-order valence-electron chi connectivity index (χ4n) is 3.60. The zero-order valence-electron chi connectivity index (χ0n) is 16.8. The Labute approximate surface area is 177 Å². The minimum atomic E-state index is -0.0941. The molecule has 0 saturated carbocycles. The summed E-state index contributed by atoms with van der Waals surface area (Å²) in [6.07, 6.45) is 0.327. The first-order valence-electron chi connectivity index (χ1n) is 10.1. The lowest BCUT2D eigenvalue weighted by molar-refractivity contribution is -0.131. The quantitative estimate of drug-likeness (QED) is 0.756. The summed E-state index contributed by atoms with van der Waals surface area (Å²) >= 11 is 6.09. The number of nitrogens with one attached hydrogen (secondary N) is 1. The molecule has 1 atom stereocenters. The van der Waals surface area contributed by atoms with Crippen LogP contribution < -0.4 is 5.32 Å². The van der Waals surface area contributed by atoms with E-state index in [9.17, 15) is 9.59 Å². The number of piperazine rings is 1. The molecule has 2 aromatic rings. The molecular formula is C23H28ClN3O2. The lowest BCUT2D eigenvalue weighted by Crippen LogP contribution is -2.47. The Hall–Kier alpha value is -2.37. The normalized spacial score (nSPS) is 15.0. The first kappa shape index (κ1) is 21.3.